The molecular formula is C19H25N3O4S2. The normalized spacial score (nSPS) is 16.6. The highest BCUT2D eigenvalue weighted by Gasteiger charge is 2.30. The van der Waals surface area contributed by atoms with E-state index < -0.39 is 10.0 Å². The lowest BCUT2D eigenvalue weighted by molar-refractivity contribution is -0.119. The number of thiophene rings is 1. The number of benzene rings is 1. The summed E-state index contributed by atoms with van der Waals surface area (Å²) in [6.45, 7) is 5.54. The van der Waals surface area contributed by atoms with Crippen LogP contribution in [0.3, 0.4) is 0 Å². The average Bonchev–Trinajstić information content (AvgIpc) is 3.15. The molecule has 0 aliphatic carbocycles. The van der Waals surface area contributed by atoms with Crippen molar-refractivity contribution in [1.29, 1.82) is 0 Å². The molecule has 0 radical (unpaired) electrons. The third-order valence-corrected chi connectivity index (χ3v) is 7.96. The molecule has 28 heavy (non-hydrogen) atoms. The number of ether oxygens (including phenoxy) is 1. The van der Waals surface area contributed by atoms with Crippen molar-refractivity contribution >= 4 is 33.0 Å². The molecule has 3 rings (SSSR count). The third-order valence-electron chi connectivity index (χ3n) is 4.58. The minimum atomic E-state index is -3.62. The molecule has 1 aliphatic rings. The molecule has 1 N–H and O–H groups in total. The molecule has 2 heterocycles. The van der Waals surface area contributed by atoms with E-state index in [9.17, 15) is 13.2 Å². The van der Waals surface area contributed by atoms with Crippen LogP contribution in [-0.4, -0.2) is 51.4 Å². The van der Waals surface area contributed by atoms with Crippen LogP contribution >= 0.6 is 11.3 Å². The van der Waals surface area contributed by atoms with Crippen molar-refractivity contribution in [3.8, 4) is 5.75 Å². The van der Waals surface area contributed by atoms with Crippen LogP contribution in [0.1, 0.15) is 18.7 Å². The summed E-state index contributed by atoms with van der Waals surface area (Å²) in [7, 11) is -2.04. The van der Waals surface area contributed by atoms with E-state index in [4.69, 9.17) is 4.74 Å². The van der Waals surface area contributed by atoms with Crippen molar-refractivity contribution in [3.05, 3.63) is 41.3 Å². The third kappa shape index (κ3) is 4.48. The van der Waals surface area contributed by atoms with Crippen LogP contribution in [0.5, 0.6) is 5.75 Å². The SMILES string of the molecule is CCN1C[C@H](CN(C)S(=O)(=O)c2ccc(CNC(C)=O)s2)Oc2ccccc21. The van der Waals surface area contributed by atoms with E-state index in [1.807, 2.05) is 24.3 Å². The zero-order valence-electron chi connectivity index (χ0n) is 16.2. The van der Waals surface area contributed by atoms with Crippen LogP contribution in [0.25, 0.3) is 0 Å². The fourth-order valence-electron chi connectivity index (χ4n) is 3.12. The lowest BCUT2D eigenvalue weighted by atomic mass is 10.2. The smallest absolute Gasteiger partial charge is 0.252 e. The van der Waals surface area contributed by atoms with E-state index in [0.29, 0.717) is 13.1 Å². The molecule has 1 aliphatic heterocycles. The molecule has 0 spiro atoms. The van der Waals surface area contributed by atoms with Crippen LogP contribution < -0.4 is 15.0 Å². The number of para-hydroxylation sites is 2. The average molecular weight is 424 g/mol. The van der Waals surface area contributed by atoms with Crippen molar-refractivity contribution in [2.75, 3.05) is 31.6 Å². The molecule has 0 bridgehead atoms. The Morgan fingerprint density at radius 1 is 1.32 bits per heavy atom. The molecule has 9 heteroatoms. The number of carbonyl (C=O) groups excluding carboxylic acids is 1. The first-order chi connectivity index (χ1) is 13.3. The molecule has 7 nitrogen and oxygen atoms in total. The number of nitrogens with zero attached hydrogens (tertiary/aromatic N) is 2. The van der Waals surface area contributed by atoms with Crippen molar-refractivity contribution in [2.24, 2.45) is 0 Å². The van der Waals surface area contributed by atoms with Crippen molar-refractivity contribution in [3.63, 3.8) is 0 Å². The first-order valence-electron chi connectivity index (χ1n) is 9.11. The van der Waals surface area contributed by atoms with Crippen LogP contribution in [0.4, 0.5) is 5.69 Å². The van der Waals surface area contributed by atoms with Gasteiger partial charge in [-0.15, -0.1) is 11.3 Å². The minimum absolute atomic E-state index is 0.148. The van der Waals surface area contributed by atoms with Gasteiger partial charge < -0.3 is 15.0 Å². The Labute approximate surface area is 170 Å². The lowest BCUT2D eigenvalue weighted by Gasteiger charge is -2.36. The number of likely N-dealkylation sites (N-methyl/N-ethyl adjacent to an activating group) is 2. The summed E-state index contributed by atoms with van der Waals surface area (Å²) in [5.74, 6) is 0.630. The van der Waals surface area contributed by atoms with Gasteiger partial charge in [0.25, 0.3) is 10.0 Å². The Hall–Kier alpha value is -2.10. The maximum atomic E-state index is 12.9. The van der Waals surface area contributed by atoms with Gasteiger partial charge >= 0.3 is 0 Å². The molecular weight excluding hydrogens is 398 g/mol. The predicted octanol–water partition coefficient (Wildman–Crippen LogP) is 2.29. The Morgan fingerprint density at radius 2 is 2.07 bits per heavy atom. The summed E-state index contributed by atoms with van der Waals surface area (Å²) in [4.78, 5) is 14.0. The van der Waals surface area contributed by atoms with Crippen molar-refractivity contribution in [1.82, 2.24) is 9.62 Å². The number of fused-ring (bicyclic) bond motifs is 1. The van der Waals surface area contributed by atoms with Gasteiger partial charge in [-0.05, 0) is 31.2 Å². The number of nitrogens with one attached hydrogen (secondary N) is 1. The van der Waals surface area contributed by atoms with Gasteiger partial charge in [0.05, 0.1) is 25.3 Å². The highest BCUT2D eigenvalue weighted by atomic mass is 32.2. The second kappa shape index (κ2) is 8.50. The fraction of sp³-hybridized carbons (Fsp3) is 0.421. The highest BCUT2D eigenvalue weighted by molar-refractivity contribution is 7.91. The van der Waals surface area contributed by atoms with Gasteiger partial charge in [0.2, 0.25) is 5.91 Å². The molecule has 0 saturated carbocycles. The topological polar surface area (TPSA) is 79.0 Å². The van der Waals surface area contributed by atoms with Crippen LogP contribution in [0, 0.1) is 0 Å². The highest BCUT2D eigenvalue weighted by Crippen LogP contribution is 2.33. The molecule has 2 aromatic rings. The maximum Gasteiger partial charge on any atom is 0.252 e. The molecule has 1 aromatic heterocycles. The Kier molecular flexibility index (Phi) is 6.26. The molecule has 1 aromatic carbocycles. The first kappa shape index (κ1) is 20.6. The quantitative estimate of drug-likeness (QED) is 0.739. The first-order valence-corrected chi connectivity index (χ1v) is 11.4. The summed E-state index contributed by atoms with van der Waals surface area (Å²) in [6, 6.07) is 11.1. The number of carbonyl (C=O) groups is 1. The van der Waals surface area contributed by atoms with Gasteiger partial charge in [-0.2, -0.15) is 4.31 Å². The largest absolute Gasteiger partial charge is 0.485 e. The Morgan fingerprint density at radius 3 is 2.79 bits per heavy atom. The number of rotatable bonds is 7. The summed E-state index contributed by atoms with van der Waals surface area (Å²) in [6.07, 6.45) is -0.256. The Balaban J connectivity index is 1.70. The molecule has 1 atom stereocenters. The minimum Gasteiger partial charge on any atom is -0.485 e. The second-order valence-electron chi connectivity index (χ2n) is 6.66. The fourth-order valence-corrected chi connectivity index (χ4v) is 5.82. The van der Waals surface area contributed by atoms with E-state index in [1.165, 1.54) is 22.6 Å². The van der Waals surface area contributed by atoms with Gasteiger partial charge in [-0.1, -0.05) is 12.1 Å². The van der Waals surface area contributed by atoms with Gasteiger partial charge in [0.15, 0.2) is 0 Å². The second-order valence-corrected chi connectivity index (χ2v) is 10.1. The number of amides is 1. The lowest BCUT2D eigenvalue weighted by Crippen LogP contribution is -2.46. The molecule has 0 fully saturated rings. The zero-order chi connectivity index (χ0) is 20.3. The van der Waals surface area contributed by atoms with E-state index in [0.717, 1.165) is 22.9 Å². The predicted molar refractivity (Wildman–Crippen MR) is 110 cm³/mol. The van der Waals surface area contributed by atoms with Crippen molar-refractivity contribution in [2.45, 2.75) is 30.7 Å². The summed E-state index contributed by atoms with van der Waals surface area (Å²) in [5.41, 5.74) is 1.03. The number of sulfonamides is 1. The van der Waals surface area contributed by atoms with E-state index in [2.05, 4.69) is 17.1 Å². The summed E-state index contributed by atoms with van der Waals surface area (Å²) in [5, 5.41) is 2.68. The van der Waals surface area contributed by atoms with Gasteiger partial charge in [-0.25, -0.2) is 8.42 Å². The summed E-state index contributed by atoms with van der Waals surface area (Å²) < 4.78 is 33.5. The van der Waals surface area contributed by atoms with Gasteiger partial charge in [0, 0.05) is 25.4 Å². The monoisotopic (exact) mass is 423 g/mol. The zero-order valence-corrected chi connectivity index (χ0v) is 17.8. The molecule has 0 unspecified atom stereocenters. The van der Waals surface area contributed by atoms with Crippen LogP contribution in [0.15, 0.2) is 40.6 Å². The van der Waals surface area contributed by atoms with Crippen LogP contribution in [-0.2, 0) is 21.4 Å². The molecule has 152 valence electrons. The Bertz CT molecular complexity index is 942. The van der Waals surface area contributed by atoms with E-state index in [1.54, 1.807) is 19.2 Å². The number of anilines is 1. The maximum absolute atomic E-state index is 12.9. The van der Waals surface area contributed by atoms with Gasteiger partial charge in [0.1, 0.15) is 16.1 Å². The van der Waals surface area contributed by atoms with E-state index in [-0.39, 0.29) is 22.8 Å². The number of hydrogen-bond acceptors (Lipinski definition) is 6. The molecule has 1 amide bonds. The van der Waals surface area contributed by atoms with Crippen molar-refractivity contribution < 1.29 is 17.9 Å². The summed E-state index contributed by atoms with van der Waals surface area (Å²) >= 11 is 1.17. The van der Waals surface area contributed by atoms with Gasteiger partial charge in [-0.3, -0.25) is 4.79 Å². The standard InChI is InChI=1S/C19H25N3O4S2/c1-4-22-13-15(26-18-8-6-5-7-17(18)22)12-21(3)28(24,25)19-10-9-16(27-19)11-20-14(2)23/h5-10,15H,4,11-13H2,1-3H3,(H,20,23)/t15-/m0/s1. The van der Waals surface area contributed by atoms with E-state index >= 15 is 0 Å². The molecule has 0 saturated heterocycles. The number of hydrogen-bond donors (Lipinski definition) is 1. The van der Waals surface area contributed by atoms with Crippen LogP contribution in [0.2, 0.25) is 0 Å².